The Morgan fingerprint density at radius 3 is 2.80 bits per heavy atom. The molecule has 0 unspecified atom stereocenters. The van der Waals surface area contributed by atoms with E-state index >= 15 is 0 Å². The predicted molar refractivity (Wildman–Crippen MR) is 57.3 cm³/mol. The van der Waals surface area contributed by atoms with Gasteiger partial charge in [0.1, 0.15) is 5.69 Å². The molecule has 1 aromatic heterocycles. The van der Waals surface area contributed by atoms with Crippen LogP contribution in [0.2, 0.25) is 0 Å². The highest BCUT2D eigenvalue weighted by Gasteiger charge is 2.07. The van der Waals surface area contributed by atoms with Crippen molar-refractivity contribution in [1.82, 2.24) is 10.2 Å². The number of aryl methyl sites for hydroxylation is 1. The van der Waals surface area contributed by atoms with Crippen LogP contribution in [-0.4, -0.2) is 16.1 Å². The lowest BCUT2D eigenvalue weighted by Gasteiger charge is -1.96. The fourth-order valence-corrected chi connectivity index (χ4v) is 1.40. The van der Waals surface area contributed by atoms with Crippen molar-refractivity contribution in [2.45, 2.75) is 6.92 Å². The Bertz CT molecular complexity index is 502. The summed E-state index contributed by atoms with van der Waals surface area (Å²) in [4.78, 5) is 10.9. The molecule has 0 saturated carbocycles. The molecule has 4 heteroatoms. The largest absolute Gasteiger partial charge is 0.364 e. The zero-order valence-corrected chi connectivity index (χ0v) is 8.32. The van der Waals surface area contributed by atoms with Gasteiger partial charge < -0.3 is 5.73 Å². The molecule has 0 fully saturated rings. The lowest BCUT2D eigenvalue weighted by atomic mass is 10.1. The molecule has 1 heterocycles. The van der Waals surface area contributed by atoms with Crippen molar-refractivity contribution < 1.29 is 4.79 Å². The Morgan fingerprint density at radius 1 is 1.40 bits per heavy atom. The van der Waals surface area contributed by atoms with Crippen LogP contribution in [0.1, 0.15) is 16.1 Å². The molecule has 0 radical (unpaired) electrons. The minimum atomic E-state index is -0.499. The molecule has 0 spiro atoms. The van der Waals surface area contributed by atoms with Gasteiger partial charge >= 0.3 is 0 Å². The number of rotatable bonds is 2. The van der Waals surface area contributed by atoms with E-state index in [-0.39, 0.29) is 0 Å². The monoisotopic (exact) mass is 201 g/mol. The van der Waals surface area contributed by atoms with Crippen molar-refractivity contribution in [1.29, 1.82) is 0 Å². The smallest absolute Gasteiger partial charge is 0.266 e. The topological polar surface area (TPSA) is 71.8 Å². The first kappa shape index (κ1) is 9.45. The van der Waals surface area contributed by atoms with Crippen LogP contribution in [0.3, 0.4) is 0 Å². The number of nitrogens with two attached hydrogens (primary N) is 1. The molecule has 2 rings (SSSR count). The molecule has 3 N–H and O–H groups in total. The Kier molecular flexibility index (Phi) is 2.25. The van der Waals surface area contributed by atoms with Gasteiger partial charge in [0.2, 0.25) is 0 Å². The van der Waals surface area contributed by atoms with E-state index in [2.05, 4.69) is 10.2 Å². The summed E-state index contributed by atoms with van der Waals surface area (Å²) in [5.41, 5.74) is 8.30. The molecule has 15 heavy (non-hydrogen) atoms. The number of carbonyl (C=O) groups excluding carboxylic acids is 1. The summed E-state index contributed by atoms with van der Waals surface area (Å²) in [6.07, 6.45) is 0. The molecule has 1 amide bonds. The normalized spacial score (nSPS) is 10.2. The standard InChI is InChI=1S/C11H11N3O/c1-7-3-2-4-8(5-7)9-6-10(11(12)15)14-13-9/h2-6H,1H3,(H2,12,15)(H,13,14). The van der Waals surface area contributed by atoms with Gasteiger partial charge in [-0.2, -0.15) is 5.10 Å². The van der Waals surface area contributed by atoms with Crippen LogP contribution in [0, 0.1) is 6.92 Å². The number of carbonyl (C=O) groups is 1. The molecule has 1 aromatic carbocycles. The quantitative estimate of drug-likeness (QED) is 0.772. The van der Waals surface area contributed by atoms with Crippen molar-refractivity contribution in [3.8, 4) is 11.3 Å². The highest BCUT2D eigenvalue weighted by molar-refractivity contribution is 5.91. The van der Waals surface area contributed by atoms with Crippen molar-refractivity contribution in [2.24, 2.45) is 5.73 Å². The van der Waals surface area contributed by atoms with Crippen LogP contribution in [0.5, 0.6) is 0 Å². The zero-order valence-electron chi connectivity index (χ0n) is 8.32. The zero-order chi connectivity index (χ0) is 10.8. The lowest BCUT2D eigenvalue weighted by Crippen LogP contribution is -2.10. The molecule has 0 aliphatic heterocycles. The fourth-order valence-electron chi connectivity index (χ4n) is 1.40. The number of nitrogens with zero attached hydrogens (tertiary/aromatic N) is 1. The van der Waals surface area contributed by atoms with Gasteiger partial charge in [-0.05, 0) is 19.1 Å². The molecular formula is C11H11N3O. The summed E-state index contributed by atoms with van der Waals surface area (Å²) >= 11 is 0. The molecule has 0 aliphatic rings. The molecule has 0 bridgehead atoms. The average Bonchev–Trinajstić information content (AvgIpc) is 2.66. The van der Waals surface area contributed by atoms with Gasteiger partial charge in [0.15, 0.2) is 0 Å². The summed E-state index contributed by atoms with van der Waals surface area (Å²) in [5.74, 6) is -0.499. The minimum absolute atomic E-state index is 0.325. The lowest BCUT2D eigenvalue weighted by molar-refractivity contribution is 0.0995. The first-order chi connectivity index (χ1) is 7.16. The predicted octanol–water partition coefficient (Wildman–Crippen LogP) is 1.48. The van der Waals surface area contributed by atoms with E-state index < -0.39 is 5.91 Å². The van der Waals surface area contributed by atoms with E-state index in [9.17, 15) is 4.79 Å². The second kappa shape index (κ2) is 3.57. The number of nitrogens with one attached hydrogen (secondary N) is 1. The third kappa shape index (κ3) is 1.88. The summed E-state index contributed by atoms with van der Waals surface area (Å²) in [5, 5.41) is 6.62. The maximum Gasteiger partial charge on any atom is 0.266 e. The van der Waals surface area contributed by atoms with E-state index in [1.165, 1.54) is 0 Å². The Labute approximate surface area is 87.1 Å². The van der Waals surface area contributed by atoms with Crippen LogP contribution >= 0.6 is 0 Å². The second-order valence-electron chi connectivity index (χ2n) is 3.40. The van der Waals surface area contributed by atoms with Gasteiger partial charge in [0.05, 0.1) is 5.69 Å². The van der Waals surface area contributed by atoms with Crippen LogP contribution in [0.4, 0.5) is 0 Å². The Morgan fingerprint density at radius 2 is 2.20 bits per heavy atom. The first-order valence-electron chi connectivity index (χ1n) is 4.59. The summed E-state index contributed by atoms with van der Waals surface area (Å²) in [6, 6.07) is 9.54. The summed E-state index contributed by atoms with van der Waals surface area (Å²) < 4.78 is 0. The highest BCUT2D eigenvalue weighted by atomic mass is 16.1. The van der Waals surface area contributed by atoms with Crippen molar-refractivity contribution in [2.75, 3.05) is 0 Å². The molecule has 4 nitrogen and oxygen atoms in total. The van der Waals surface area contributed by atoms with E-state index in [0.717, 1.165) is 16.8 Å². The van der Waals surface area contributed by atoms with Gasteiger partial charge in [-0.3, -0.25) is 9.89 Å². The maximum absolute atomic E-state index is 10.9. The van der Waals surface area contributed by atoms with Gasteiger partial charge in [0, 0.05) is 5.56 Å². The molecule has 0 aliphatic carbocycles. The maximum atomic E-state index is 10.9. The molecule has 76 valence electrons. The SMILES string of the molecule is Cc1cccc(-c2cc(C(N)=O)[nH]n2)c1. The van der Waals surface area contributed by atoms with Crippen molar-refractivity contribution in [3.63, 3.8) is 0 Å². The number of aromatic amines is 1. The van der Waals surface area contributed by atoms with Crippen molar-refractivity contribution >= 4 is 5.91 Å². The number of aromatic nitrogens is 2. The molecule has 0 saturated heterocycles. The second-order valence-corrected chi connectivity index (χ2v) is 3.40. The number of H-pyrrole nitrogens is 1. The highest BCUT2D eigenvalue weighted by Crippen LogP contribution is 2.18. The van der Waals surface area contributed by atoms with Gasteiger partial charge in [-0.15, -0.1) is 0 Å². The molecular weight excluding hydrogens is 190 g/mol. The van der Waals surface area contributed by atoms with Gasteiger partial charge in [-0.1, -0.05) is 23.8 Å². The van der Waals surface area contributed by atoms with Gasteiger partial charge in [-0.25, -0.2) is 0 Å². The summed E-state index contributed by atoms with van der Waals surface area (Å²) in [6.45, 7) is 2.01. The van der Waals surface area contributed by atoms with Gasteiger partial charge in [0.25, 0.3) is 5.91 Å². The van der Waals surface area contributed by atoms with E-state index in [1.54, 1.807) is 6.07 Å². The third-order valence-corrected chi connectivity index (χ3v) is 2.16. The van der Waals surface area contributed by atoms with Crippen LogP contribution in [0.25, 0.3) is 11.3 Å². The minimum Gasteiger partial charge on any atom is -0.364 e. The van der Waals surface area contributed by atoms with E-state index in [1.807, 2.05) is 31.2 Å². The Balaban J connectivity index is 2.41. The number of primary amides is 1. The number of hydrogen-bond acceptors (Lipinski definition) is 2. The Hall–Kier alpha value is -2.10. The van der Waals surface area contributed by atoms with E-state index in [4.69, 9.17) is 5.73 Å². The molecule has 2 aromatic rings. The summed E-state index contributed by atoms with van der Waals surface area (Å²) in [7, 11) is 0. The first-order valence-corrected chi connectivity index (χ1v) is 4.59. The van der Waals surface area contributed by atoms with Crippen molar-refractivity contribution in [3.05, 3.63) is 41.6 Å². The average molecular weight is 201 g/mol. The van der Waals surface area contributed by atoms with Crippen LogP contribution in [-0.2, 0) is 0 Å². The third-order valence-electron chi connectivity index (χ3n) is 2.16. The number of amides is 1. The van der Waals surface area contributed by atoms with E-state index in [0.29, 0.717) is 5.69 Å². The fraction of sp³-hybridized carbons (Fsp3) is 0.0909. The van der Waals surface area contributed by atoms with Crippen LogP contribution in [0.15, 0.2) is 30.3 Å². The molecule has 0 atom stereocenters. The van der Waals surface area contributed by atoms with Crippen LogP contribution < -0.4 is 5.73 Å². The number of hydrogen-bond donors (Lipinski definition) is 2. The number of benzene rings is 1.